The Morgan fingerprint density at radius 2 is 2.30 bits per heavy atom. The molecule has 1 aromatic carbocycles. The van der Waals surface area contributed by atoms with Crippen LogP contribution in [0.3, 0.4) is 0 Å². The number of hydrogen-bond acceptors (Lipinski definition) is 3. The number of hydrogen-bond donors (Lipinski definition) is 1. The largest absolute Gasteiger partial charge is 0.478 e. The molecule has 20 heavy (non-hydrogen) atoms. The third kappa shape index (κ3) is 3.84. The van der Waals surface area contributed by atoms with Crippen LogP contribution in [0.25, 0.3) is 6.08 Å². The van der Waals surface area contributed by atoms with Gasteiger partial charge in [0.1, 0.15) is 0 Å². The molecule has 1 aliphatic rings. The molecule has 4 nitrogen and oxygen atoms in total. The first kappa shape index (κ1) is 14.6. The van der Waals surface area contributed by atoms with Crippen molar-refractivity contribution in [3.8, 4) is 0 Å². The lowest BCUT2D eigenvalue weighted by Crippen LogP contribution is -2.30. The summed E-state index contributed by atoms with van der Waals surface area (Å²) in [7, 11) is 0. The Morgan fingerprint density at radius 1 is 1.50 bits per heavy atom. The summed E-state index contributed by atoms with van der Waals surface area (Å²) in [6.07, 6.45) is 4.03. The standard InChI is InChI=1S/C16H21NO3/c1-12-4-6-15(14(10-12)5-7-16(18)19)17-8-3-9-20-13(2)11-17/h4-7,10,13H,3,8-9,11H2,1-2H3,(H,18,19)/b7-5+. The highest BCUT2D eigenvalue weighted by molar-refractivity contribution is 5.87. The predicted octanol–water partition coefficient (Wildman–Crippen LogP) is 2.71. The quantitative estimate of drug-likeness (QED) is 0.862. The molecule has 0 radical (unpaired) electrons. The fourth-order valence-electron chi connectivity index (χ4n) is 2.47. The lowest BCUT2D eigenvalue weighted by atomic mass is 10.1. The first-order valence-electron chi connectivity index (χ1n) is 6.94. The van der Waals surface area contributed by atoms with Gasteiger partial charge in [-0.3, -0.25) is 0 Å². The van der Waals surface area contributed by atoms with E-state index in [2.05, 4.69) is 24.0 Å². The van der Waals surface area contributed by atoms with Gasteiger partial charge in [-0.25, -0.2) is 4.79 Å². The van der Waals surface area contributed by atoms with Crippen molar-refractivity contribution in [1.29, 1.82) is 0 Å². The molecule has 1 atom stereocenters. The van der Waals surface area contributed by atoms with Crippen molar-refractivity contribution in [1.82, 2.24) is 0 Å². The van der Waals surface area contributed by atoms with E-state index in [-0.39, 0.29) is 6.10 Å². The van der Waals surface area contributed by atoms with Crippen LogP contribution in [0.5, 0.6) is 0 Å². The molecule has 0 aromatic heterocycles. The van der Waals surface area contributed by atoms with Gasteiger partial charge in [0, 0.05) is 31.5 Å². The Bertz CT molecular complexity index is 510. The highest BCUT2D eigenvalue weighted by Crippen LogP contribution is 2.25. The number of carboxylic acid groups (broad SMARTS) is 1. The van der Waals surface area contributed by atoms with E-state index in [1.54, 1.807) is 6.08 Å². The maximum absolute atomic E-state index is 10.7. The van der Waals surface area contributed by atoms with Crippen molar-refractivity contribution in [2.45, 2.75) is 26.4 Å². The van der Waals surface area contributed by atoms with Crippen LogP contribution in [0, 0.1) is 6.92 Å². The highest BCUT2D eigenvalue weighted by atomic mass is 16.5. The molecule has 2 rings (SSSR count). The number of aryl methyl sites for hydroxylation is 1. The molecule has 0 bridgehead atoms. The number of nitrogens with zero attached hydrogens (tertiary/aromatic N) is 1. The van der Waals surface area contributed by atoms with Crippen LogP contribution in [-0.4, -0.2) is 36.9 Å². The van der Waals surface area contributed by atoms with Crippen LogP contribution < -0.4 is 4.90 Å². The van der Waals surface area contributed by atoms with E-state index in [0.29, 0.717) is 0 Å². The van der Waals surface area contributed by atoms with Crippen LogP contribution in [0.4, 0.5) is 5.69 Å². The second-order valence-corrected chi connectivity index (χ2v) is 5.21. The molecule has 0 amide bonds. The second kappa shape index (κ2) is 6.57. The average molecular weight is 275 g/mol. The van der Waals surface area contributed by atoms with Crippen molar-refractivity contribution in [2.24, 2.45) is 0 Å². The van der Waals surface area contributed by atoms with E-state index in [9.17, 15) is 4.79 Å². The number of carbonyl (C=O) groups is 1. The number of carboxylic acids is 1. The van der Waals surface area contributed by atoms with Gasteiger partial charge < -0.3 is 14.7 Å². The average Bonchev–Trinajstić information content (AvgIpc) is 2.61. The molecule has 108 valence electrons. The summed E-state index contributed by atoms with van der Waals surface area (Å²) in [5.41, 5.74) is 3.14. The van der Waals surface area contributed by atoms with E-state index in [1.807, 2.05) is 13.0 Å². The van der Waals surface area contributed by atoms with Gasteiger partial charge in [0.25, 0.3) is 0 Å². The number of anilines is 1. The maximum Gasteiger partial charge on any atom is 0.328 e. The number of benzene rings is 1. The van der Waals surface area contributed by atoms with Crippen molar-refractivity contribution in [3.63, 3.8) is 0 Å². The minimum absolute atomic E-state index is 0.190. The Balaban J connectivity index is 2.31. The number of rotatable bonds is 3. The normalized spacial score (nSPS) is 20.1. The molecule has 1 fully saturated rings. The van der Waals surface area contributed by atoms with Gasteiger partial charge >= 0.3 is 5.97 Å². The zero-order valence-corrected chi connectivity index (χ0v) is 12.0. The lowest BCUT2D eigenvalue weighted by Gasteiger charge is -2.26. The first-order valence-corrected chi connectivity index (χ1v) is 6.94. The van der Waals surface area contributed by atoms with Crippen LogP contribution in [0.15, 0.2) is 24.3 Å². The summed E-state index contributed by atoms with van der Waals surface area (Å²) in [5.74, 6) is -0.926. The molecule has 0 aliphatic carbocycles. The van der Waals surface area contributed by atoms with Crippen LogP contribution in [0.1, 0.15) is 24.5 Å². The fourth-order valence-corrected chi connectivity index (χ4v) is 2.47. The Morgan fingerprint density at radius 3 is 3.05 bits per heavy atom. The van der Waals surface area contributed by atoms with E-state index in [0.717, 1.165) is 42.9 Å². The van der Waals surface area contributed by atoms with Gasteiger partial charge in [-0.05, 0) is 44.0 Å². The Hall–Kier alpha value is -1.81. The zero-order chi connectivity index (χ0) is 14.5. The summed E-state index contributed by atoms with van der Waals surface area (Å²) in [6, 6.07) is 6.14. The van der Waals surface area contributed by atoms with Crippen molar-refractivity contribution < 1.29 is 14.6 Å². The minimum atomic E-state index is -0.926. The van der Waals surface area contributed by atoms with Gasteiger partial charge in [0.05, 0.1) is 6.10 Å². The topological polar surface area (TPSA) is 49.8 Å². The first-order chi connectivity index (χ1) is 9.56. The molecular formula is C16H21NO3. The molecule has 1 unspecified atom stereocenters. The predicted molar refractivity (Wildman–Crippen MR) is 80.1 cm³/mol. The number of ether oxygens (including phenoxy) is 1. The van der Waals surface area contributed by atoms with Gasteiger partial charge in [0.2, 0.25) is 0 Å². The third-order valence-electron chi connectivity index (χ3n) is 3.38. The van der Waals surface area contributed by atoms with E-state index in [4.69, 9.17) is 9.84 Å². The Kier molecular flexibility index (Phi) is 4.79. The van der Waals surface area contributed by atoms with E-state index >= 15 is 0 Å². The summed E-state index contributed by atoms with van der Waals surface area (Å²) in [6.45, 7) is 6.62. The molecule has 4 heteroatoms. The van der Waals surface area contributed by atoms with Crippen molar-refractivity contribution in [3.05, 3.63) is 35.4 Å². The monoisotopic (exact) mass is 275 g/mol. The van der Waals surface area contributed by atoms with Crippen LogP contribution in [-0.2, 0) is 9.53 Å². The molecular weight excluding hydrogens is 254 g/mol. The van der Waals surface area contributed by atoms with E-state index < -0.39 is 5.97 Å². The minimum Gasteiger partial charge on any atom is -0.478 e. The summed E-state index contributed by atoms with van der Waals surface area (Å²) < 4.78 is 5.66. The molecule has 1 aliphatic heterocycles. The van der Waals surface area contributed by atoms with Gasteiger partial charge in [-0.1, -0.05) is 11.6 Å². The number of aliphatic carboxylic acids is 1. The molecule has 1 aromatic rings. The summed E-state index contributed by atoms with van der Waals surface area (Å²) in [4.78, 5) is 13.0. The SMILES string of the molecule is Cc1ccc(N2CCCOC(C)C2)c(/C=C/C(=O)O)c1. The van der Waals surface area contributed by atoms with Gasteiger partial charge in [0.15, 0.2) is 0 Å². The van der Waals surface area contributed by atoms with Gasteiger partial charge in [-0.15, -0.1) is 0 Å². The fraction of sp³-hybridized carbons (Fsp3) is 0.438. The van der Waals surface area contributed by atoms with E-state index in [1.165, 1.54) is 6.08 Å². The zero-order valence-electron chi connectivity index (χ0n) is 12.0. The summed E-state index contributed by atoms with van der Waals surface area (Å²) >= 11 is 0. The summed E-state index contributed by atoms with van der Waals surface area (Å²) in [5, 5.41) is 8.81. The second-order valence-electron chi connectivity index (χ2n) is 5.21. The molecule has 0 spiro atoms. The van der Waals surface area contributed by atoms with Gasteiger partial charge in [-0.2, -0.15) is 0 Å². The van der Waals surface area contributed by atoms with Crippen molar-refractivity contribution >= 4 is 17.7 Å². The van der Waals surface area contributed by atoms with Crippen LogP contribution >= 0.6 is 0 Å². The molecule has 1 heterocycles. The van der Waals surface area contributed by atoms with Crippen molar-refractivity contribution in [2.75, 3.05) is 24.6 Å². The molecule has 0 saturated carbocycles. The smallest absolute Gasteiger partial charge is 0.328 e. The molecule has 1 saturated heterocycles. The molecule has 1 N–H and O–H groups in total. The van der Waals surface area contributed by atoms with Crippen LogP contribution in [0.2, 0.25) is 0 Å². The Labute approximate surface area is 119 Å². The lowest BCUT2D eigenvalue weighted by molar-refractivity contribution is -0.131. The highest BCUT2D eigenvalue weighted by Gasteiger charge is 2.17. The third-order valence-corrected chi connectivity index (χ3v) is 3.38. The maximum atomic E-state index is 10.7.